The van der Waals surface area contributed by atoms with Gasteiger partial charge in [0.15, 0.2) is 11.5 Å². The normalized spacial score (nSPS) is 19.2. The van der Waals surface area contributed by atoms with Crippen LogP contribution in [0, 0.1) is 5.92 Å². The largest absolute Gasteiger partial charge is 0.495 e. The van der Waals surface area contributed by atoms with Gasteiger partial charge in [-0.3, -0.25) is 9.69 Å². The van der Waals surface area contributed by atoms with E-state index in [0.717, 1.165) is 42.3 Å². The fraction of sp³-hybridized carbons (Fsp3) is 0.536. The lowest BCUT2D eigenvalue weighted by Crippen LogP contribution is -2.51. The van der Waals surface area contributed by atoms with Crippen LogP contribution in [-0.4, -0.2) is 81.6 Å². The van der Waals surface area contributed by atoms with E-state index in [1.54, 1.807) is 12.1 Å². The summed E-state index contributed by atoms with van der Waals surface area (Å²) in [6.45, 7) is 8.77. The highest BCUT2D eigenvalue weighted by atomic mass is 32.2. The monoisotopic (exact) mass is 543 g/mol. The van der Waals surface area contributed by atoms with Crippen molar-refractivity contribution in [1.29, 1.82) is 0 Å². The van der Waals surface area contributed by atoms with Gasteiger partial charge in [0.2, 0.25) is 22.7 Å². The summed E-state index contributed by atoms with van der Waals surface area (Å²) >= 11 is 0. The van der Waals surface area contributed by atoms with Gasteiger partial charge in [0.05, 0.1) is 7.11 Å². The molecule has 3 aliphatic heterocycles. The Hall–Kier alpha value is -2.82. The standard InChI is InChI=1S/C28H37N3O6S/c1-20(2)23-5-7-25(35-3)27(17-23)38(33,34)31-10-8-22(9-11-31)28(32)30-14-12-29(13-15-30)18-21-4-6-24-26(16-21)37-19-36-24/h4-7,16-17,20,22H,8-15,18-19H2,1-3H3. The average Bonchev–Trinajstić information content (AvgIpc) is 3.41. The van der Waals surface area contributed by atoms with E-state index in [9.17, 15) is 13.2 Å². The minimum atomic E-state index is -3.72. The lowest BCUT2D eigenvalue weighted by atomic mass is 9.96. The van der Waals surface area contributed by atoms with Crippen LogP contribution in [-0.2, 0) is 21.4 Å². The number of ether oxygens (including phenoxy) is 3. The Bertz CT molecular complexity index is 1270. The fourth-order valence-corrected chi connectivity index (χ4v) is 7.08. The molecule has 0 saturated carbocycles. The Morgan fingerprint density at radius 3 is 2.37 bits per heavy atom. The number of benzene rings is 2. The number of piperidine rings is 1. The van der Waals surface area contributed by atoms with Gasteiger partial charge in [0, 0.05) is 51.7 Å². The fourth-order valence-electron chi connectivity index (χ4n) is 5.42. The van der Waals surface area contributed by atoms with Crippen molar-refractivity contribution in [1.82, 2.24) is 14.1 Å². The number of hydrogen-bond donors (Lipinski definition) is 0. The van der Waals surface area contributed by atoms with Crippen LogP contribution in [0.3, 0.4) is 0 Å². The molecule has 2 fully saturated rings. The van der Waals surface area contributed by atoms with Gasteiger partial charge < -0.3 is 19.1 Å². The molecule has 0 radical (unpaired) electrons. The van der Waals surface area contributed by atoms with E-state index in [2.05, 4.69) is 11.0 Å². The quantitative estimate of drug-likeness (QED) is 0.530. The number of carbonyl (C=O) groups excluding carboxylic acids is 1. The highest BCUT2D eigenvalue weighted by Gasteiger charge is 2.36. The second kappa shape index (κ2) is 11.1. The Kier molecular flexibility index (Phi) is 7.83. The highest BCUT2D eigenvalue weighted by molar-refractivity contribution is 7.89. The topological polar surface area (TPSA) is 88.6 Å². The Labute approximate surface area is 225 Å². The molecule has 0 bridgehead atoms. The van der Waals surface area contributed by atoms with Gasteiger partial charge in [-0.25, -0.2) is 8.42 Å². The molecule has 0 atom stereocenters. The molecule has 206 valence electrons. The maximum Gasteiger partial charge on any atom is 0.246 e. The zero-order valence-electron chi connectivity index (χ0n) is 22.4. The van der Waals surface area contributed by atoms with E-state index < -0.39 is 10.0 Å². The minimum absolute atomic E-state index is 0.143. The van der Waals surface area contributed by atoms with E-state index in [1.165, 1.54) is 11.4 Å². The van der Waals surface area contributed by atoms with Gasteiger partial charge in [-0.2, -0.15) is 4.31 Å². The second-order valence-electron chi connectivity index (χ2n) is 10.5. The van der Waals surface area contributed by atoms with Crippen molar-refractivity contribution in [3.8, 4) is 17.2 Å². The third kappa shape index (κ3) is 5.48. The van der Waals surface area contributed by atoms with Crippen molar-refractivity contribution in [2.75, 3.05) is 53.2 Å². The number of hydrogen-bond acceptors (Lipinski definition) is 7. The molecule has 38 heavy (non-hydrogen) atoms. The maximum atomic E-state index is 13.5. The minimum Gasteiger partial charge on any atom is -0.495 e. The molecule has 0 aromatic heterocycles. The summed E-state index contributed by atoms with van der Waals surface area (Å²) in [5.74, 6) is 2.12. The van der Waals surface area contributed by atoms with Gasteiger partial charge in [0.1, 0.15) is 10.6 Å². The maximum absolute atomic E-state index is 13.5. The van der Waals surface area contributed by atoms with Crippen molar-refractivity contribution in [3.05, 3.63) is 47.5 Å². The van der Waals surface area contributed by atoms with Crippen LogP contribution in [0.1, 0.15) is 43.7 Å². The van der Waals surface area contributed by atoms with Gasteiger partial charge >= 0.3 is 0 Å². The molecule has 3 heterocycles. The van der Waals surface area contributed by atoms with Crippen LogP contribution in [0.2, 0.25) is 0 Å². The predicted molar refractivity (Wildman–Crippen MR) is 143 cm³/mol. The van der Waals surface area contributed by atoms with E-state index >= 15 is 0 Å². The Morgan fingerprint density at radius 2 is 1.68 bits per heavy atom. The van der Waals surface area contributed by atoms with Crippen LogP contribution in [0.4, 0.5) is 0 Å². The van der Waals surface area contributed by atoms with Crippen molar-refractivity contribution < 1.29 is 27.4 Å². The number of piperazine rings is 1. The van der Waals surface area contributed by atoms with Crippen LogP contribution < -0.4 is 14.2 Å². The van der Waals surface area contributed by atoms with Crippen LogP contribution >= 0.6 is 0 Å². The van der Waals surface area contributed by atoms with Crippen LogP contribution in [0.5, 0.6) is 17.2 Å². The number of nitrogens with zero attached hydrogens (tertiary/aromatic N) is 3. The summed E-state index contributed by atoms with van der Waals surface area (Å²) in [4.78, 5) is 17.8. The molecule has 5 rings (SSSR count). The first-order chi connectivity index (χ1) is 18.3. The number of sulfonamides is 1. The third-order valence-electron chi connectivity index (χ3n) is 7.80. The van der Waals surface area contributed by atoms with Gasteiger partial charge in [-0.15, -0.1) is 0 Å². The highest BCUT2D eigenvalue weighted by Crippen LogP contribution is 2.34. The molecule has 1 amide bonds. The van der Waals surface area contributed by atoms with E-state index in [-0.39, 0.29) is 29.4 Å². The van der Waals surface area contributed by atoms with Crippen molar-refractivity contribution in [2.24, 2.45) is 5.92 Å². The molecule has 2 saturated heterocycles. The van der Waals surface area contributed by atoms with E-state index in [4.69, 9.17) is 14.2 Å². The molecular weight excluding hydrogens is 506 g/mol. The number of rotatable bonds is 7. The summed E-state index contributed by atoms with van der Waals surface area (Å²) in [7, 11) is -2.23. The number of fused-ring (bicyclic) bond motifs is 1. The molecule has 10 heteroatoms. The molecule has 0 aliphatic carbocycles. The van der Waals surface area contributed by atoms with Gasteiger partial charge in [-0.05, 0) is 54.2 Å². The van der Waals surface area contributed by atoms with E-state index in [1.807, 2.05) is 36.9 Å². The van der Waals surface area contributed by atoms with Gasteiger partial charge in [0.25, 0.3) is 0 Å². The molecule has 2 aromatic rings. The smallest absolute Gasteiger partial charge is 0.246 e. The number of methoxy groups -OCH3 is 1. The van der Waals surface area contributed by atoms with Crippen molar-refractivity contribution >= 4 is 15.9 Å². The summed E-state index contributed by atoms with van der Waals surface area (Å²) in [6.07, 6.45) is 1.06. The Morgan fingerprint density at radius 1 is 0.974 bits per heavy atom. The molecule has 0 unspecified atom stereocenters. The first-order valence-electron chi connectivity index (χ1n) is 13.3. The molecule has 2 aromatic carbocycles. The molecule has 0 N–H and O–H groups in total. The SMILES string of the molecule is COc1ccc(C(C)C)cc1S(=O)(=O)N1CCC(C(=O)N2CCN(Cc3ccc4c(c3)OCO4)CC2)CC1. The predicted octanol–water partition coefficient (Wildman–Crippen LogP) is 3.29. The lowest BCUT2D eigenvalue weighted by molar-refractivity contribution is -0.138. The summed E-state index contributed by atoms with van der Waals surface area (Å²) in [5, 5.41) is 0. The molecule has 9 nitrogen and oxygen atoms in total. The number of carbonyl (C=O) groups is 1. The first kappa shape index (κ1) is 26.8. The zero-order chi connectivity index (χ0) is 26.9. The summed E-state index contributed by atoms with van der Waals surface area (Å²) < 4.78 is 44.8. The second-order valence-corrected chi connectivity index (χ2v) is 12.4. The third-order valence-corrected chi connectivity index (χ3v) is 9.72. The molecular formula is C28H37N3O6S. The lowest BCUT2D eigenvalue weighted by Gasteiger charge is -2.38. The average molecular weight is 544 g/mol. The van der Waals surface area contributed by atoms with Crippen molar-refractivity contribution in [3.63, 3.8) is 0 Å². The zero-order valence-corrected chi connectivity index (χ0v) is 23.2. The van der Waals surface area contributed by atoms with Gasteiger partial charge in [-0.1, -0.05) is 26.0 Å². The van der Waals surface area contributed by atoms with Crippen LogP contribution in [0.25, 0.3) is 0 Å². The summed E-state index contributed by atoms with van der Waals surface area (Å²) in [6, 6.07) is 11.4. The first-order valence-corrected chi connectivity index (χ1v) is 14.8. The molecule has 3 aliphatic rings. The van der Waals surface area contributed by atoms with Crippen LogP contribution in [0.15, 0.2) is 41.3 Å². The number of amides is 1. The molecule has 0 spiro atoms. The van der Waals surface area contributed by atoms with E-state index in [0.29, 0.717) is 44.8 Å². The van der Waals surface area contributed by atoms with Crippen molar-refractivity contribution in [2.45, 2.75) is 44.0 Å². The Balaban J connectivity index is 1.14. The summed E-state index contributed by atoms with van der Waals surface area (Å²) in [5.41, 5.74) is 2.12.